The van der Waals surface area contributed by atoms with E-state index in [-0.39, 0.29) is 0 Å². The third-order valence-electron chi connectivity index (χ3n) is 9.62. The molecule has 1 aliphatic carbocycles. The molecule has 0 amide bonds. The van der Waals surface area contributed by atoms with Crippen molar-refractivity contribution in [1.29, 1.82) is 5.26 Å². The molecular formula is C36H28BNO3. The zero-order valence-corrected chi connectivity index (χ0v) is 23.5. The van der Waals surface area contributed by atoms with Crippen molar-refractivity contribution in [3.8, 4) is 28.7 Å². The maximum atomic E-state index is 10.3. The van der Waals surface area contributed by atoms with Crippen molar-refractivity contribution in [2.75, 3.05) is 0 Å². The van der Waals surface area contributed by atoms with Gasteiger partial charge in [0.2, 0.25) is 0 Å². The maximum absolute atomic E-state index is 10.3. The van der Waals surface area contributed by atoms with E-state index < -0.39 is 23.7 Å². The first-order valence-corrected chi connectivity index (χ1v) is 14.1. The molecule has 198 valence electrons. The second-order valence-electron chi connectivity index (χ2n) is 12.2. The van der Waals surface area contributed by atoms with Gasteiger partial charge in [-0.25, -0.2) is 0 Å². The molecule has 41 heavy (non-hydrogen) atoms. The topological polar surface area (TPSA) is 51.5 Å². The number of hydrogen-bond donors (Lipinski definition) is 0. The lowest BCUT2D eigenvalue weighted by molar-refractivity contribution is 0.00578. The van der Waals surface area contributed by atoms with Crippen LogP contribution in [0.4, 0.5) is 0 Å². The number of nitriles is 1. The normalized spacial score (nSPS) is 20.6. The van der Waals surface area contributed by atoms with Gasteiger partial charge in [0.25, 0.3) is 0 Å². The maximum Gasteiger partial charge on any atom is 0.494 e. The Labute approximate surface area is 240 Å². The lowest BCUT2D eigenvalue weighted by Crippen LogP contribution is -2.41. The van der Waals surface area contributed by atoms with Gasteiger partial charge in [-0.05, 0) is 79.0 Å². The van der Waals surface area contributed by atoms with Crippen molar-refractivity contribution < 1.29 is 14.0 Å². The van der Waals surface area contributed by atoms with E-state index in [4.69, 9.17) is 14.0 Å². The summed E-state index contributed by atoms with van der Waals surface area (Å²) in [7, 11) is -0.501. The summed E-state index contributed by atoms with van der Waals surface area (Å²) in [6, 6.07) is 36.1. The fourth-order valence-electron chi connectivity index (χ4n) is 7.00. The number of rotatable bonds is 1. The Bertz CT molecular complexity index is 1950. The quantitative estimate of drug-likeness (QED) is 0.205. The van der Waals surface area contributed by atoms with E-state index in [1.807, 2.05) is 24.3 Å². The van der Waals surface area contributed by atoms with Crippen LogP contribution in [0.25, 0.3) is 21.9 Å². The summed E-state index contributed by atoms with van der Waals surface area (Å²) >= 11 is 0. The molecule has 5 heteroatoms. The van der Waals surface area contributed by atoms with E-state index in [0.717, 1.165) is 44.4 Å². The van der Waals surface area contributed by atoms with E-state index in [2.05, 4.69) is 107 Å². The number of ether oxygens (including phenoxy) is 1. The lowest BCUT2D eigenvalue weighted by atomic mass is 9.65. The third-order valence-corrected chi connectivity index (χ3v) is 9.62. The molecule has 1 saturated heterocycles. The third kappa shape index (κ3) is 3.07. The molecule has 1 unspecified atom stereocenters. The molecule has 0 aromatic heterocycles. The van der Waals surface area contributed by atoms with Crippen LogP contribution in [0.5, 0.6) is 11.5 Å². The van der Waals surface area contributed by atoms with E-state index >= 15 is 0 Å². The zero-order chi connectivity index (χ0) is 28.1. The fourth-order valence-corrected chi connectivity index (χ4v) is 7.00. The Morgan fingerprint density at radius 3 is 2.02 bits per heavy atom. The van der Waals surface area contributed by atoms with E-state index in [1.165, 1.54) is 16.7 Å². The molecular weight excluding hydrogens is 505 g/mol. The van der Waals surface area contributed by atoms with Crippen LogP contribution in [0.2, 0.25) is 0 Å². The highest BCUT2D eigenvalue weighted by Gasteiger charge is 2.54. The van der Waals surface area contributed by atoms with Gasteiger partial charge < -0.3 is 14.0 Å². The summed E-state index contributed by atoms with van der Waals surface area (Å²) in [5.74, 6) is 1.57. The molecule has 1 fully saturated rings. The van der Waals surface area contributed by atoms with Gasteiger partial charge in [-0.1, -0.05) is 78.9 Å². The molecule has 8 rings (SSSR count). The Balaban J connectivity index is 1.45. The van der Waals surface area contributed by atoms with Crippen molar-refractivity contribution >= 4 is 23.4 Å². The molecule has 2 heterocycles. The van der Waals surface area contributed by atoms with E-state index in [9.17, 15) is 5.26 Å². The van der Waals surface area contributed by atoms with Crippen molar-refractivity contribution in [3.63, 3.8) is 0 Å². The highest BCUT2D eigenvalue weighted by molar-refractivity contribution is 6.62. The van der Waals surface area contributed by atoms with Crippen LogP contribution in [-0.2, 0) is 14.7 Å². The van der Waals surface area contributed by atoms with Gasteiger partial charge in [0.1, 0.15) is 11.5 Å². The second-order valence-corrected chi connectivity index (χ2v) is 12.2. The number of nitrogens with zero attached hydrogens (tertiary/aromatic N) is 1. The first-order valence-electron chi connectivity index (χ1n) is 14.1. The van der Waals surface area contributed by atoms with Gasteiger partial charge in [0.15, 0.2) is 0 Å². The average Bonchev–Trinajstić information content (AvgIpc) is 3.39. The van der Waals surface area contributed by atoms with E-state index in [0.29, 0.717) is 5.56 Å². The minimum absolute atomic E-state index is 0.444. The highest BCUT2D eigenvalue weighted by Crippen LogP contribution is 2.63. The number of para-hydroxylation sites is 1. The van der Waals surface area contributed by atoms with Crippen LogP contribution >= 0.6 is 0 Å². The highest BCUT2D eigenvalue weighted by atomic mass is 16.7. The first-order chi connectivity index (χ1) is 19.8. The Kier molecular flexibility index (Phi) is 4.83. The van der Waals surface area contributed by atoms with Gasteiger partial charge in [0.05, 0.1) is 28.2 Å². The van der Waals surface area contributed by atoms with E-state index in [1.54, 1.807) is 0 Å². The number of hydrogen-bond acceptors (Lipinski definition) is 4. The molecule has 0 saturated carbocycles. The second kappa shape index (κ2) is 8.10. The molecule has 1 spiro atoms. The van der Waals surface area contributed by atoms with Crippen LogP contribution in [0.1, 0.15) is 55.5 Å². The molecule has 4 nitrogen and oxygen atoms in total. The number of fused-ring (bicyclic) bond motifs is 11. The molecule has 5 aromatic rings. The minimum atomic E-state index is -0.653. The van der Waals surface area contributed by atoms with Crippen molar-refractivity contribution in [1.82, 2.24) is 0 Å². The predicted octanol–water partition coefficient (Wildman–Crippen LogP) is 7.48. The Morgan fingerprint density at radius 2 is 1.27 bits per heavy atom. The largest absolute Gasteiger partial charge is 0.494 e. The minimum Gasteiger partial charge on any atom is -0.457 e. The summed E-state index contributed by atoms with van der Waals surface area (Å²) in [5.41, 5.74) is 6.81. The summed E-state index contributed by atoms with van der Waals surface area (Å²) in [5, 5.41) is 12.4. The molecule has 0 N–H and O–H groups in total. The van der Waals surface area contributed by atoms with Gasteiger partial charge >= 0.3 is 7.12 Å². The molecule has 0 radical (unpaired) electrons. The van der Waals surface area contributed by atoms with Crippen LogP contribution < -0.4 is 10.2 Å². The average molecular weight is 533 g/mol. The van der Waals surface area contributed by atoms with Gasteiger partial charge in [-0.15, -0.1) is 0 Å². The Hall–Kier alpha value is -4.37. The SMILES string of the molecule is CC1(C)OB(c2ccc3c(c2)Oc2ccccc2C32c3ccccc3-c3c2cc(C#N)c2ccccc32)OC1(C)C. The monoisotopic (exact) mass is 533 g/mol. The van der Waals surface area contributed by atoms with Crippen LogP contribution in [0.3, 0.4) is 0 Å². The molecule has 1 atom stereocenters. The molecule has 3 aliphatic rings. The smallest absolute Gasteiger partial charge is 0.457 e. The first kappa shape index (κ1) is 24.4. The standard InChI is InChI=1S/C36H28BNO3/c1-34(2)35(3,4)41-37(40-34)23-17-18-29-32(20-23)39-31-16-10-9-15-28(31)36(29)27-14-8-7-13-26(27)33-25-12-6-5-11-24(25)22(21-38)19-30(33)36/h5-20H,1-4H3. The lowest BCUT2D eigenvalue weighted by Gasteiger charge is -2.39. The van der Waals surface area contributed by atoms with Gasteiger partial charge in [-0.2, -0.15) is 5.26 Å². The number of benzene rings is 5. The van der Waals surface area contributed by atoms with Crippen LogP contribution in [0.15, 0.2) is 97.1 Å². The van der Waals surface area contributed by atoms with Gasteiger partial charge in [-0.3, -0.25) is 0 Å². The molecule has 0 bridgehead atoms. The summed E-state index contributed by atoms with van der Waals surface area (Å²) in [4.78, 5) is 0. The van der Waals surface area contributed by atoms with Crippen molar-refractivity contribution in [3.05, 3.63) is 125 Å². The van der Waals surface area contributed by atoms with Crippen molar-refractivity contribution in [2.24, 2.45) is 0 Å². The molecule has 5 aromatic carbocycles. The molecule has 2 aliphatic heterocycles. The Morgan fingerprint density at radius 1 is 0.634 bits per heavy atom. The zero-order valence-electron chi connectivity index (χ0n) is 23.5. The summed E-state index contributed by atoms with van der Waals surface area (Å²) < 4.78 is 19.5. The fraction of sp³-hybridized carbons (Fsp3) is 0.194. The van der Waals surface area contributed by atoms with Gasteiger partial charge in [0, 0.05) is 16.5 Å². The predicted molar refractivity (Wildman–Crippen MR) is 162 cm³/mol. The summed E-state index contributed by atoms with van der Waals surface area (Å²) in [6.45, 7) is 8.26. The van der Waals surface area contributed by atoms with Crippen LogP contribution in [0, 0.1) is 11.3 Å². The summed E-state index contributed by atoms with van der Waals surface area (Å²) in [6.07, 6.45) is 0. The van der Waals surface area contributed by atoms with Crippen LogP contribution in [-0.4, -0.2) is 18.3 Å². The van der Waals surface area contributed by atoms with Crippen molar-refractivity contribution in [2.45, 2.75) is 44.3 Å².